The van der Waals surface area contributed by atoms with Crippen molar-refractivity contribution < 1.29 is 14.3 Å². The molecule has 2 aromatic rings. The molecule has 0 fully saturated rings. The van der Waals surface area contributed by atoms with Gasteiger partial charge in [0.1, 0.15) is 10.8 Å². The van der Waals surface area contributed by atoms with Gasteiger partial charge < -0.3 is 15.8 Å². The number of benzene rings is 1. The summed E-state index contributed by atoms with van der Waals surface area (Å²) in [6.45, 7) is 4.05. The normalized spacial score (nSPS) is 16.2. The van der Waals surface area contributed by atoms with Gasteiger partial charge in [0.25, 0.3) is 11.8 Å². The molecule has 0 aliphatic heterocycles. The molecule has 1 aliphatic rings. The predicted octanol–water partition coefficient (Wildman–Crippen LogP) is 3.30. The molecule has 25 heavy (non-hydrogen) atoms. The number of ether oxygens (including phenoxy) is 1. The van der Waals surface area contributed by atoms with Crippen molar-refractivity contribution in [3.63, 3.8) is 0 Å². The summed E-state index contributed by atoms with van der Waals surface area (Å²) in [6.07, 6.45) is 2.80. The van der Waals surface area contributed by atoms with Crippen molar-refractivity contribution in [2.75, 3.05) is 11.9 Å². The van der Waals surface area contributed by atoms with Crippen molar-refractivity contribution in [2.45, 2.75) is 33.1 Å². The second kappa shape index (κ2) is 7.27. The van der Waals surface area contributed by atoms with E-state index in [0.717, 1.165) is 35.3 Å². The molecule has 0 unspecified atom stereocenters. The number of carbonyl (C=O) groups is 2. The van der Waals surface area contributed by atoms with E-state index >= 15 is 0 Å². The van der Waals surface area contributed by atoms with Crippen LogP contribution >= 0.6 is 11.3 Å². The van der Waals surface area contributed by atoms with Crippen LogP contribution in [-0.2, 0) is 17.6 Å². The second-order valence-electron chi connectivity index (χ2n) is 6.57. The molecule has 132 valence electrons. The fourth-order valence-electron chi connectivity index (χ4n) is 3.12. The Morgan fingerprint density at radius 1 is 1.40 bits per heavy atom. The molecule has 1 aromatic heterocycles. The maximum atomic E-state index is 12.2. The number of nitrogens with two attached hydrogens (primary N) is 1. The van der Waals surface area contributed by atoms with Crippen LogP contribution in [0.2, 0.25) is 0 Å². The lowest BCUT2D eigenvalue weighted by atomic mass is 9.88. The summed E-state index contributed by atoms with van der Waals surface area (Å²) in [6, 6.07) is 7.51. The highest BCUT2D eigenvalue weighted by molar-refractivity contribution is 7.17. The number of rotatable bonds is 5. The fourth-order valence-corrected chi connectivity index (χ4v) is 4.55. The van der Waals surface area contributed by atoms with Gasteiger partial charge >= 0.3 is 0 Å². The summed E-state index contributed by atoms with van der Waals surface area (Å²) in [5.41, 5.74) is 8.10. The lowest BCUT2D eigenvalue weighted by Gasteiger charge is -2.18. The minimum atomic E-state index is -0.484. The van der Waals surface area contributed by atoms with Gasteiger partial charge in [-0.2, -0.15) is 0 Å². The first kappa shape index (κ1) is 17.5. The first-order valence-corrected chi connectivity index (χ1v) is 9.19. The molecule has 1 heterocycles. The molecular formula is C19H22N2O3S. The number of fused-ring (bicyclic) bond motifs is 1. The van der Waals surface area contributed by atoms with E-state index in [1.54, 1.807) is 6.07 Å². The summed E-state index contributed by atoms with van der Waals surface area (Å²) in [5, 5.41) is 3.35. The van der Waals surface area contributed by atoms with Gasteiger partial charge in [0.05, 0.1) is 5.56 Å². The van der Waals surface area contributed by atoms with Crippen LogP contribution in [0.3, 0.4) is 0 Å². The SMILES string of the molecule is Cc1cccc(OCC(=O)Nc2sc3c(c2C(N)=O)CC[C@@H](C)C3)c1. The standard InChI is InChI=1S/C19H22N2O3S/c1-11-4-3-5-13(8-11)24-10-16(22)21-19-17(18(20)23)14-7-6-12(2)9-15(14)25-19/h3-5,8,12H,6-7,9-10H2,1-2H3,(H2,20,23)(H,21,22)/t12-/m1/s1. The average Bonchev–Trinajstić information content (AvgIpc) is 2.90. The third-order valence-electron chi connectivity index (χ3n) is 4.37. The Morgan fingerprint density at radius 3 is 2.92 bits per heavy atom. The number of aryl methyl sites for hydroxylation is 1. The molecule has 0 spiro atoms. The quantitative estimate of drug-likeness (QED) is 0.860. The molecule has 1 aromatic carbocycles. The molecule has 3 rings (SSSR count). The summed E-state index contributed by atoms with van der Waals surface area (Å²) in [4.78, 5) is 25.3. The molecule has 0 saturated carbocycles. The minimum Gasteiger partial charge on any atom is -0.484 e. The molecule has 3 N–H and O–H groups in total. The van der Waals surface area contributed by atoms with Crippen molar-refractivity contribution in [1.29, 1.82) is 0 Å². The molecule has 1 atom stereocenters. The lowest BCUT2D eigenvalue weighted by molar-refractivity contribution is -0.118. The molecule has 6 heteroatoms. The van der Waals surface area contributed by atoms with Crippen LogP contribution in [0.15, 0.2) is 24.3 Å². The fraction of sp³-hybridized carbons (Fsp3) is 0.368. The van der Waals surface area contributed by atoms with Gasteiger partial charge in [0.2, 0.25) is 0 Å². The smallest absolute Gasteiger partial charge is 0.262 e. The Labute approximate surface area is 151 Å². The monoisotopic (exact) mass is 358 g/mol. The van der Waals surface area contributed by atoms with E-state index in [-0.39, 0.29) is 12.5 Å². The first-order chi connectivity index (χ1) is 11.9. The Balaban J connectivity index is 1.71. The summed E-state index contributed by atoms with van der Waals surface area (Å²) in [7, 11) is 0. The van der Waals surface area contributed by atoms with E-state index in [4.69, 9.17) is 10.5 Å². The molecule has 0 radical (unpaired) electrons. The van der Waals surface area contributed by atoms with Gasteiger partial charge in [-0.1, -0.05) is 19.1 Å². The maximum absolute atomic E-state index is 12.2. The van der Waals surface area contributed by atoms with Crippen molar-refractivity contribution in [2.24, 2.45) is 11.7 Å². The first-order valence-electron chi connectivity index (χ1n) is 8.37. The number of hydrogen-bond acceptors (Lipinski definition) is 4. The number of anilines is 1. The van der Waals surface area contributed by atoms with Gasteiger partial charge in [-0.15, -0.1) is 11.3 Å². The zero-order valence-corrected chi connectivity index (χ0v) is 15.2. The van der Waals surface area contributed by atoms with Crippen molar-refractivity contribution in [1.82, 2.24) is 0 Å². The number of hydrogen-bond donors (Lipinski definition) is 2. The van der Waals surface area contributed by atoms with E-state index in [1.165, 1.54) is 11.3 Å². The molecule has 0 saturated heterocycles. The Bertz CT molecular complexity index is 813. The summed E-state index contributed by atoms with van der Waals surface area (Å²) >= 11 is 1.46. The number of amides is 2. The highest BCUT2D eigenvalue weighted by Crippen LogP contribution is 2.39. The Morgan fingerprint density at radius 2 is 2.20 bits per heavy atom. The number of carbonyl (C=O) groups excluding carboxylic acids is 2. The third kappa shape index (κ3) is 4.02. The average molecular weight is 358 g/mol. The van der Waals surface area contributed by atoms with E-state index in [1.807, 2.05) is 25.1 Å². The van der Waals surface area contributed by atoms with Crippen LogP contribution in [0.25, 0.3) is 0 Å². The summed E-state index contributed by atoms with van der Waals surface area (Å²) < 4.78 is 5.52. The highest BCUT2D eigenvalue weighted by Gasteiger charge is 2.27. The number of thiophene rings is 1. The maximum Gasteiger partial charge on any atom is 0.262 e. The van der Waals surface area contributed by atoms with E-state index in [2.05, 4.69) is 12.2 Å². The zero-order chi connectivity index (χ0) is 18.0. The Kier molecular flexibility index (Phi) is 5.08. The molecule has 2 amide bonds. The van der Waals surface area contributed by atoms with Crippen LogP contribution in [0.5, 0.6) is 5.75 Å². The minimum absolute atomic E-state index is 0.110. The van der Waals surface area contributed by atoms with Crippen LogP contribution in [0.4, 0.5) is 5.00 Å². The summed E-state index contributed by atoms with van der Waals surface area (Å²) in [5.74, 6) is 0.447. The van der Waals surface area contributed by atoms with E-state index in [9.17, 15) is 9.59 Å². The van der Waals surface area contributed by atoms with Crippen LogP contribution in [0, 0.1) is 12.8 Å². The lowest BCUT2D eigenvalue weighted by Crippen LogP contribution is -2.22. The molecular weight excluding hydrogens is 336 g/mol. The van der Waals surface area contributed by atoms with Gasteiger partial charge in [0.15, 0.2) is 6.61 Å². The van der Waals surface area contributed by atoms with Crippen molar-refractivity contribution >= 4 is 28.2 Å². The van der Waals surface area contributed by atoms with Gasteiger partial charge in [-0.05, 0) is 55.4 Å². The van der Waals surface area contributed by atoms with Crippen molar-refractivity contribution in [3.05, 3.63) is 45.8 Å². The van der Waals surface area contributed by atoms with E-state index < -0.39 is 5.91 Å². The van der Waals surface area contributed by atoms with Gasteiger partial charge in [-0.25, -0.2) is 0 Å². The number of nitrogens with one attached hydrogen (secondary N) is 1. The Hall–Kier alpha value is -2.34. The van der Waals surface area contributed by atoms with Crippen LogP contribution in [0.1, 0.15) is 39.7 Å². The molecule has 5 nitrogen and oxygen atoms in total. The third-order valence-corrected chi connectivity index (χ3v) is 5.54. The van der Waals surface area contributed by atoms with Gasteiger partial charge in [-0.3, -0.25) is 9.59 Å². The predicted molar refractivity (Wildman–Crippen MR) is 99.3 cm³/mol. The topological polar surface area (TPSA) is 81.4 Å². The molecule has 1 aliphatic carbocycles. The number of primary amides is 1. The van der Waals surface area contributed by atoms with Crippen LogP contribution < -0.4 is 15.8 Å². The van der Waals surface area contributed by atoms with Crippen LogP contribution in [-0.4, -0.2) is 18.4 Å². The van der Waals surface area contributed by atoms with Gasteiger partial charge in [0, 0.05) is 4.88 Å². The molecule has 0 bridgehead atoms. The highest BCUT2D eigenvalue weighted by atomic mass is 32.1. The largest absolute Gasteiger partial charge is 0.484 e. The van der Waals surface area contributed by atoms with Crippen molar-refractivity contribution in [3.8, 4) is 5.75 Å². The zero-order valence-electron chi connectivity index (χ0n) is 14.4. The van der Waals surface area contributed by atoms with E-state index in [0.29, 0.717) is 22.2 Å². The second-order valence-corrected chi connectivity index (χ2v) is 7.68.